The molecule has 0 bridgehead atoms. The van der Waals surface area contributed by atoms with Crippen LogP contribution in [0.15, 0.2) is 48.4 Å². The van der Waals surface area contributed by atoms with E-state index < -0.39 is 0 Å². The molecule has 0 unspecified atom stereocenters. The Morgan fingerprint density at radius 2 is 2.00 bits per heavy atom. The van der Waals surface area contributed by atoms with Gasteiger partial charge in [-0.3, -0.25) is 0 Å². The molecule has 0 fully saturated rings. The van der Waals surface area contributed by atoms with E-state index in [1.54, 1.807) is 6.08 Å². The number of unbranched alkanes of at least 4 members (excludes halogenated alkanes) is 1. The van der Waals surface area contributed by atoms with E-state index in [-0.39, 0.29) is 0 Å². The zero-order chi connectivity index (χ0) is 12.1. The highest BCUT2D eigenvalue weighted by atomic mass is 16.3. The van der Waals surface area contributed by atoms with Crippen molar-refractivity contribution >= 4 is 5.69 Å². The van der Waals surface area contributed by atoms with Gasteiger partial charge in [0.05, 0.1) is 6.54 Å². The summed E-state index contributed by atoms with van der Waals surface area (Å²) in [5.41, 5.74) is 2.51. The largest absolute Gasteiger partial charge is 0.510 e. The second-order valence-corrected chi connectivity index (χ2v) is 4.40. The summed E-state index contributed by atoms with van der Waals surface area (Å²) in [6, 6.07) is 8.59. The standard InChI is InChI=1S/C15H19NO/c1-2-3-5-13-7-9-14(10-8-13)16-11-4-6-15(17)12-16/h4,6-11,17H,2-3,5,12H2,1H3. The molecule has 0 radical (unpaired) electrons. The molecule has 1 aliphatic rings. The van der Waals surface area contributed by atoms with E-state index in [1.165, 1.54) is 18.4 Å². The van der Waals surface area contributed by atoms with Crippen molar-refractivity contribution < 1.29 is 5.11 Å². The number of rotatable bonds is 4. The topological polar surface area (TPSA) is 23.5 Å². The quantitative estimate of drug-likeness (QED) is 0.848. The molecule has 0 spiro atoms. The van der Waals surface area contributed by atoms with Crippen LogP contribution in [0.25, 0.3) is 0 Å². The molecule has 1 aliphatic heterocycles. The molecule has 1 aromatic rings. The van der Waals surface area contributed by atoms with Crippen molar-refractivity contribution in [2.75, 3.05) is 11.4 Å². The molecule has 1 N–H and O–H groups in total. The van der Waals surface area contributed by atoms with Crippen molar-refractivity contribution in [2.24, 2.45) is 0 Å². The van der Waals surface area contributed by atoms with Gasteiger partial charge < -0.3 is 10.0 Å². The second kappa shape index (κ2) is 5.58. The van der Waals surface area contributed by atoms with Crippen LogP contribution in [0.4, 0.5) is 5.69 Å². The molecule has 2 nitrogen and oxygen atoms in total. The summed E-state index contributed by atoms with van der Waals surface area (Å²) in [5, 5.41) is 9.48. The summed E-state index contributed by atoms with van der Waals surface area (Å²) in [5.74, 6) is 0.405. The first-order valence-corrected chi connectivity index (χ1v) is 6.21. The first kappa shape index (κ1) is 11.8. The Morgan fingerprint density at radius 1 is 1.24 bits per heavy atom. The summed E-state index contributed by atoms with van der Waals surface area (Å²) in [6.07, 6.45) is 9.20. The molecule has 0 aliphatic carbocycles. The molecule has 0 saturated carbocycles. The maximum atomic E-state index is 9.48. The van der Waals surface area contributed by atoms with E-state index >= 15 is 0 Å². The molecule has 17 heavy (non-hydrogen) atoms. The van der Waals surface area contributed by atoms with Crippen LogP contribution in [-0.2, 0) is 6.42 Å². The minimum Gasteiger partial charge on any atom is -0.510 e. The Labute approximate surface area is 103 Å². The SMILES string of the molecule is CCCCc1ccc(N2C=CC=C(O)C2)cc1. The maximum absolute atomic E-state index is 9.48. The maximum Gasteiger partial charge on any atom is 0.112 e. The number of aliphatic hydroxyl groups excluding tert-OH is 1. The van der Waals surface area contributed by atoms with Gasteiger partial charge in [-0.2, -0.15) is 0 Å². The Hall–Kier alpha value is -1.70. The third-order valence-corrected chi connectivity index (χ3v) is 2.97. The lowest BCUT2D eigenvalue weighted by Gasteiger charge is -2.22. The Bertz CT molecular complexity index is 417. The summed E-state index contributed by atoms with van der Waals surface area (Å²) < 4.78 is 0. The summed E-state index contributed by atoms with van der Waals surface area (Å²) >= 11 is 0. The highest BCUT2D eigenvalue weighted by molar-refractivity contribution is 5.52. The summed E-state index contributed by atoms with van der Waals surface area (Å²) in [4.78, 5) is 2.04. The molecule has 90 valence electrons. The lowest BCUT2D eigenvalue weighted by atomic mass is 10.1. The molecule has 0 aromatic heterocycles. The van der Waals surface area contributed by atoms with Crippen LogP contribution in [0.3, 0.4) is 0 Å². The zero-order valence-electron chi connectivity index (χ0n) is 10.3. The van der Waals surface area contributed by atoms with Crippen molar-refractivity contribution in [3.05, 3.63) is 53.9 Å². The highest BCUT2D eigenvalue weighted by Gasteiger charge is 2.07. The average molecular weight is 229 g/mol. The molecule has 0 atom stereocenters. The predicted octanol–water partition coefficient (Wildman–Crippen LogP) is 3.80. The van der Waals surface area contributed by atoms with E-state index in [1.807, 2.05) is 17.2 Å². The van der Waals surface area contributed by atoms with E-state index in [0.717, 1.165) is 12.1 Å². The van der Waals surface area contributed by atoms with Crippen molar-refractivity contribution in [3.63, 3.8) is 0 Å². The van der Waals surface area contributed by atoms with E-state index in [0.29, 0.717) is 12.3 Å². The predicted molar refractivity (Wildman–Crippen MR) is 72.3 cm³/mol. The van der Waals surface area contributed by atoms with Gasteiger partial charge in [-0.1, -0.05) is 25.5 Å². The van der Waals surface area contributed by atoms with Gasteiger partial charge in [-0.05, 0) is 42.7 Å². The van der Waals surface area contributed by atoms with Crippen LogP contribution < -0.4 is 4.90 Å². The van der Waals surface area contributed by atoms with Crippen LogP contribution in [0.2, 0.25) is 0 Å². The Morgan fingerprint density at radius 3 is 2.65 bits per heavy atom. The van der Waals surface area contributed by atoms with Gasteiger partial charge in [0.2, 0.25) is 0 Å². The molecule has 1 heterocycles. The number of allylic oxidation sites excluding steroid dienone is 2. The van der Waals surface area contributed by atoms with Crippen LogP contribution in [-0.4, -0.2) is 11.7 Å². The Kier molecular flexibility index (Phi) is 3.86. The van der Waals surface area contributed by atoms with Crippen molar-refractivity contribution in [2.45, 2.75) is 26.2 Å². The van der Waals surface area contributed by atoms with Gasteiger partial charge in [0.1, 0.15) is 5.76 Å². The van der Waals surface area contributed by atoms with Crippen molar-refractivity contribution in [1.82, 2.24) is 0 Å². The summed E-state index contributed by atoms with van der Waals surface area (Å²) in [6.45, 7) is 2.77. The van der Waals surface area contributed by atoms with Gasteiger partial charge in [0, 0.05) is 11.9 Å². The van der Waals surface area contributed by atoms with E-state index in [2.05, 4.69) is 31.2 Å². The number of hydrogen-bond acceptors (Lipinski definition) is 2. The molecule has 2 heteroatoms. The molecular formula is C15H19NO. The number of hydrogen-bond donors (Lipinski definition) is 1. The second-order valence-electron chi connectivity index (χ2n) is 4.40. The lowest BCUT2D eigenvalue weighted by molar-refractivity contribution is 0.401. The van der Waals surface area contributed by atoms with Gasteiger partial charge in [-0.15, -0.1) is 0 Å². The number of aryl methyl sites for hydroxylation is 1. The van der Waals surface area contributed by atoms with Gasteiger partial charge in [-0.25, -0.2) is 0 Å². The number of nitrogens with zero attached hydrogens (tertiary/aromatic N) is 1. The third kappa shape index (κ3) is 3.13. The zero-order valence-corrected chi connectivity index (χ0v) is 10.3. The van der Waals surface area contributed by atoms with Gasteiger partial charge in [0.25, 0.3) is 0 Å². The first-order chi connectivity index (χ1) is 8.29. The normalized spacial score (nSPS) is 14.9. The average Bonchev–Trinajstić information content (AvgIpc) is 2.37. The number of aliphatic hydroxyl groups is 1. The summed E-state index contributed by atoms with van der Waals surface area (Å²) in [7, 11) is 0. The van der Waals surface area contributed by atoms with Crippen molar-refractivity contribution in [1.29, 1.82) is 0 Å². The molecule has 0 saturated heterocycles. The third-order valence-electron chi connectivity index (χ3n) is 2.97. The fourth-order valence-corrected chi connectivity index (χ4v) is 1.95. The van der Waals surface area contributed by atoms with Crippen LogP contribution in [0.1, 0.15) is 25.3 Å². The van der Waals surface area contributed by atoms with Crippen molar-refractivity contribution in [3.8, 4) is 0 Å². The number of anilines is 1. The Balaban J connectivity index is 2.03. The fraction of sp³-hybridized carbons (Fsp3) is 0.333. The highest BCUT2D eigenvalue weighted by Crippen LogP contribution is 2.19. The minimum absolute atomic E-state index is 0.405. The number of benzene rings is 1. The fourth-order valence-electron chi connectivity index (χ4n) is 1.95. The smallest absolute Gasteiger partial charge is 0.112 e. The van der Waals surface area contributed by atoms with Crippen LogP contribution in [0.5, 0.6) is 0 Å². The molecule has 1 aromatic carbocycles. The lowest BCUT2D eigenvalue weighted by Crippen LogP contribution is -2.21. The molecule has 0 amide bonds. The molecular weight excluding hydrogens is 210 g/mol. The van der Waals surface area contributed by atoms with Gasteiger partial charge in [0.15, 0.2) is 0 Å². The molecule has 2 rings (SSSR count). The van der Waals surface area contributed by atoms with E-state index in [4.69, 9.17) is 0 Å². The van der Waals surface area contributed by atoms with E-state index in [9.17, 15) is 5.11 Å². The first-order valence-electron chi connectivity index (χ1n) is 6.21. The monoisotopic (exact) mass is 229 g/mol. The van der Waals surface area contributed by atoms with Gasteiger partial charge >= 0.3 is 0 Å². The van der Waals surface area contributed by atoms with Crippen LogP contribution >= 0.6 is 0 Å². The van der Waals surface area contributed by atoms with Crippen LogP contribution in [0, 0.1) is 0 Å². The minimum atomic E-state index is 0.405.